The van der Waals surface area contributed by atoms with Crippen LogP contribution in [0.25, 0.3) is 0 Å². The molecule has 0 bridgehead atoms. The second-order valence-corrected chi connectivity index (χ2v) is 1.36. The second-order valence-electron chi connectivity index (χ2n) is 1.36. The molecule has 0 fully saturated rings. The Balaban J connectivity index is 0.000000183. The molecule has 1 rings (SSSR count). The van der Waals surface area contributed by atoms with Crippen LogP contribution in [0.3, 0.4) is 0 Å². The fourth-order valence-corrected chi connectivity index (χ4v) is 0.277. The summed E-state index contributed by atoms with van der Waals surface area (Å²) in [6.07, 6.45) is 2.02. The van der Waals surface area contributed by atoms with Crippen molar-refractivity contribution in [2.75, 3.05) is 0 Å². The first-order valence-electron chi connectivity index (χ1n) is 2.67. The highest BCUT2D eigenvalue weighted by Gasteiger charge is 1.83. The fraction of sp³-hybridized carbons (Fsp3) is 0. The molecule has 1 aromatic rings. The van der Waals surface area contributed by atoms with Crippen molar-refractivity contribution in [3.63, 3.8) is 0 Å². The summed E-state index contributed by atoms with van der Waals surface area (Å²) in [7, 11) is 0. The number of hydrogen-bond donors (Lipinski definition) is 2. The molecular weight excluding hydrogens is 150 g/mol. The van der Waals surface area contributed by atoms with Crippen molar-refractivity contribution in [2.45, 2.75) is 0 Å². The van der Waals surface area contributed by atoms with Crippen LogP contribution in [0.4, 0.5) is 4.79 Å². The predicted octanol–water partition coefficient (Wildman–Crippen LogP) is 0.690. The van der Waals surface area contributed by atoms with E-state index in [4.69, 9.17) is 9.90 Å². The Kier molecular flexibility index (Phi) is 5.32. The van der Waals surface area contributed by atoms with Crippen LogP contribution in [0.5, 0.6) is 0 Å². The lowest BCUT2D eigenvalue weighted by Crippen LogP contribution is -2.17. The summed E-state index contributed by atoms with van der Waals surface area (Å²) in [4.78, 5) is 18.4. The van der Waals surface area contributed by atoms with E-state index in [9.17, 15) is 4.79 Å². The number of rotatable bonds is 1. The smallest absolute Gasteiger partial charge is 0.411 e. The molecule has 1 aromatic heterocycles. The summed E-state index contributed by atoms with van der Waals surface area (Å²) in [5.41, 5.74) is 0. The van der Waals surface area contributed by atoms with Crippen molar-refractivity contribution in [1.82, 2.24) is 5.32 Å². The zero-order valence-electron chi connectivity index (χ0n) is 5.56. The quantitative estimate of drug-likeness (QED) is 0.587. The standard InChI is InChI=1S/C4H4O.C2H3NO3/c1-2-4-5-3-1;4-1-3-2(5)6/h1-4H;1H,(H,3,4)(H,5,6). The van der Waals surface area contributed by atoms with Crippen LogP contribution in [0, 0.1) is 0 Å². The monoisotopic (exact) mass is 157 g/mol. The van der Waals surface area contributed by atoms with E-state index in [-0.39, 0.29) is 6.41 Å². The average Bonchev–Trinajstić information content (AvgIpc) is 2.41. The number of furan rings is 1. The van der Waals surface area contributed by atoms with Crippen molar-refractivity contribution in [3.05, 3.63) is 24.7 Å². The molecule has 0 atom stereocenters. The lowest BCUT2D eigenvalue weighted by Gasteiger charge is -1.77. The predicted molar refractivity (Wildman–Crippen MR) is 35.9 cm³/mol. The van der Waals surface area contributed by atoms with Crippen molar-refractivity contribution >= 4 is 12.5 Å². The summed E-state index contributed by atoms with van der Waals surface area (Å²) in [6, 6.07) is 3.67. The summed E-state index contributed by atoms with van der Waals surface area (Å²) < 4.78 is 4.58. The first-order valence-corrected chi connectivity index (χ1v) is 2.67. The number of amides is 2. The minimum Gasteiger partial charge on any atom is -0.473 e. The van der Waals surface area contributed by atoms with Crippen LogP contribution in [-0.4, -0.2) is 17.6 Å². The highest BCUT2D eigenvalue weighted by Crippen LogP contribution is 1.79. The molecule has 0 aromatic carbocycles. The molecule has 0 radical (unpaired) electrons. The molecule has 60 valence electrons. The molecule has 0 spiro atoms. The van der Waals surface area contributed by atoms with Crippen molar-refractivity contribution in [2.24, 2.45) is 0 Å². The van der Waals surface area contributed by atoms with E-state index in [1.54, 1.807) is 12.5 Å². The summed E-state index contributed by atoms with van der Waals surface area (Å²) in [6.45, 7) is 0. The third-order valence-electron chi connectivity index (χ3n) is 0.608. The van der Waals surface area contributed by atoms with Gasteiger partial charge in [-0.1, -0.05) is 0 Å². The van der Waals surface area contributed by atoms with Crippen molar-refractivity contribution in [1.29, 1.82) is 0 Å². The number of carbonyl (C=O) groups excluding carboxylic acids is 1. The van der Waals surface area contributed by atoms with Crippen molar-refractivity contribution in [3.8, 4) is 0 Å². The van der Waals surface area contributed by atoms with Crippen LogP contribution in [0.1, 0.15) is 0 Å². The molecular formula is C6H7NO4. The molecule has 0 aliphatic carbocycles. The van der Waals surface area contributed by atoms with Gasteiger partial charge in [-0.3, -0.25) is 10.1 Å². The summed E-state index contributed by atoms with van der Waals surface area (Å²) in [5, 5.41) is 9.02. The first kappa shape index (κ1) is 9.22. The Morgan fingerprint density at radius 1 is 1.45 bits per heavy atom. The minimum absolute atomic E-state index is 0.0995. The molecule has 5 heteroatoms. The average molecular weight is 157 g/mol. The fourth-order valence-electron chi connectivity index (χ4n) is 0.277. The van der Waals surface area contributed by atoms with E-state index in [0.29, 0.717) is 0 Å². The Labute approximate surface area is 62.6 Å². The van der Waals surface area contributed by atoms with Gasteiger partial charge in [0.15, 0.2) is 0 Å². The van der Waals surface area contributed by atoms with Crippen LogP contribution in [-0.2, 0) is 4.79 Å². The zero-order chi connectivity index (χ0) is 8.53. The molecule has 0 unspecified atom stereocenters. The summed E-state index contributed by atoms with van der Waals surface area (Å²) in [5.74, 6) is 0. The van der Waals surface area contributed by atoms with E-state index < -0.39 is 6.09 Å². The third kappa shape index (κ3) is 8.22. The maximum absolute atomic E-state index is 9.26. The zero-order valence-corrected chi connectivity index (χ0v) is 5.56. The number of hydrogen-bond acceptors (Lipinski definition) is 3. The van der Waals surface area contributed by atoms with Gasteiger partial charge in [-0.25, -0.2) is 4.79 Å². The highest BCUT2D eigenvalue weighted by molar-refractivity contribution is 5.77. The molecule has 0 saturated carbocycles. The third-order valence-corrected chi connectivity index (χ3v) is 0.608. The van der Waals surface area contributed by atoms with E-state index in [2.05, 4.69) is 4.42 Å². The maximum atomic E-state index is 9.26. The normalized spacial score (nSPS) is 7.27. The van der Waals surface area contributed by atoms with E-state index in [1.165, 1.54) is 5.32 Å². The topological polar surface area (TPSA) is 79.5 Å². The van der Waals surface area contributed by atoms with Crippen LogP contribution in [0.2, 0.25) is 0 Å². The number of carboxylic acid groups (broad SMARTS) is 1. The van der Waals surface area contributed by atoms with Gasteiger partial charge in [0.25, 0.3) is 0 Å². The summed E-state index contributed by atoms with van der Waals surface area (Å²) >= 11 is 0. The molecule has 11 heavy (non-hydrogen) atoms. The first-order chi connectivity index (χ1) is 5.27. The van der Waals surface area contributed by atoms with E-state index in [0.717, 1.165) is 0 Å². The molecule has 0 aliphatic heterocycles. The van der Waals surface area contributed by atoms with Crippen LogP contribution < -0.4 is 5.32 Å². The van der Waals surface area contributed by atoms with Gasteiger partial charge < -0.3 is 9.52 Å². The van der Waals surface area contributed by atoms with Gasteiger partial charge in [0, 0.05) is 0 Å². The molecule has 2 amide bonds. The number of carbonyl (C=O) groups is 2. The minimum atomic E-state index is -1.33. The molecule has 1 heterocycles. The van der Waals surface area contributed by atoms with E-state index in [1.807, 2.05) is 12.1 Å². The van der Waals surface area contributed by atoms with Crippen molar-refractivity contribution < 1.29 is 19.1 Å². The van der Waals surface area contributed by atoms with Crippen LogP contribution in [0.15, 0.2) is 29.1 Å². The van der Waals surface area contributed by atoms with Gasteiger partial charge >= 0.3 is 6.09 Å². The van der Waals surface area contributed by atoms with Gasteiger partial charge in [0.05, 0.1) is 12.5 Å². The van der Waals surface area contributed by atoms with Gasteiger partial charge in [-0.05, 0) is 12.1 Å². The lowest BCUT2D eigenvalue weighted by atomic mass is 10.7. The van der Waals surface area contributed by atoms with Gasteiger partial charge in [0.2, 0.25) is 6.41 Å². The highest BCUT2D eigenvalue weighted by atomic mass is 16.4. The maximum Gasteiger partial charge on any atom is 0.411 e. The van der Waals surface area contributed by atoms with Gasteiger partial charge in [-0.15, -0.1) is 0 Å². The van der Waals surface area contributed by atoms with Gasteiger partial charge in [0.1, 0.15) is 0 Å². The Morgan fingerprint density at radius 2 is 2.00 bits per heavy atom. The SMILES string of the molecule is O=CNC(=O)O.c1ccoc1. The molecule has 0 aliphatic rings. The largest absolute Gasteiger partial charge is 0.473 e. The lowest BCUT2D eigenvalue weighted by molar-refractivity contribution is -0.108. The van der Waals surface area contributed by atoms with E-state index >= 15 is 0 Å². The van der Waals surface area contributed by atoms with Gasteiger partial charge in [-0.2, -0.15) is 0 Å². The molecule has 5 nitrogen and oxygen atoms in total. The number of imide groups is 1. The Hall–Kier alpha value is -1.78. The molecule has 0 saturated heterocycles. The Bertz CT molecular complexity index is 177. The number of nitrogens with one attached hydrogen (secondary N) is 1. The Morgan fingerprint density at radius 3 is 2.09 bits per heavy atom. The van der Waals surface area contributed by atoms with Crippen LogP contribution >= 0.6 is 0 Å². The molecule has 2 N–H and O–H groups in total. The second kappa shape index (κ2) is 6.34.